The van der Waals surface area contributed by atoms with E-state index in [1.807, 2.05) is 37.4 Å². The average molecular weight is 291 g/mol. The van der Waals surface area contributed by atoms with Gasteiger partial charge in [-0.1, -0.05) is 24.3 Å². The largest absolute Gasteiger partial charge is 0.394 e. The molecular formula is C16H18FNOS. The van der Waals surface area contributed by atoms with E-state index in [1.165, 1.54) is 6.07 Å². The summed E-state index contributed by atoms with van der Waals surface area (Å²) in [5.41, 5.74) is 0.582. The number of anilines is 1. The van der Waals surface area contributed by atoms with E-state index in [0.717, 1.165) is 10.5 Å². The van der Waals surface area contributed by atoms with Gasteiger partial charge in [0.1, 0.15) is 5.82 Å². The van der Waals surface area contributed by atoms with E-state index in [9.17, 15) is 9.50 Å². The highest BCUT2D eigenvalue weighted by atomic mass is 32.2. The number of para-hydroxylation sites is 1. The molecule has 2 N–H and O–H groups in total. The Balaban J connectivity index is 2.30. The number of hydrogen-bond donors (Lipinski definition) is 2. The van der Waals surface area contributed by atoms with Crippen LogP contribution < -0.4 is 5.32 Å². The van der Waals surface area contributed by atoms with Gasteiger partial charge in [-0.05, 0) is 43.0 Å². The minimum atomic E-state index is -0.723. The quantitative estimate of drug-likeness (QED) is 0.820. The van der Waals surface area contributed by atoms with Gasteiger partial charge in [0.25, 0.3) is 0 Å². The third-order valence-corrected chi connectivity index (χ3v) is 4.07. The molecule has 0 aliphatic rings. The van der Waals surface area contributed by atoms with Crippen molar-refractivity contribution in [1.82, 2.24) is 0 Å². The maximum Gasteiger partial charge on any atom is 0.146 e. The van der Waals surface area contributed by atoms with Gasteiger partial charge >= 0.3 is 0 Å². The lowest BCUT2D eigenvalue weighted by molar-refractivity contribution is 0.223. The highest BCUT2D eigenvalue weighted by Gasteiger charge is 2.26. The second-order valence-corrected chi connectivity index (χ2v) is 5.70. The summed E-state index contributed by atoms with van der Waals surface area (Å²) >= 11 is 1.66. The molecule has 0 bridgehead atoms. The molecule has 0 fully saturated rings. The van der Waals surface area contributed by atoms with Crippen LogP contribution in [0.25, 0.3) is 0 Å². The van der Waals surface area contributed by atoms with Gasteiger partial charge in [-0.15, -0.1) is 11.8 Å². The molecule has 0 heterocycles. The summed E-state index contributed by atoms with van der Waals surface area (Å²) in [7, 11) is 0. The highest BCUT2D eigenvalue weighted by Crippen LogP contribution is 2.28. The number of rotatable bonds is 5. The van der Waals surface area contributed by atoms with Crippen LogP contribution in [0.1, 0.15) is 12.5 Å². The third kappa shape index (κ3) is 3.14. The number of benzene rings is 2. The van der Waals surface area contributed by atoms with Gasteiger partial charge in [-0.25, -0.2) is 4.39 Å². The molecule has 4 heteroatoms. The van der Waals surface area contributed by atoms with Gasteiger partial charge in [-0.2, -0.15) is 0 Å². The van der Waals surface area contributed by atoms with Gasteiger partial charge in [0, 0.05) is 4.90 Å². The Morgan fingerprint density at radius 3 is 2.35 bits per heavy atom. The Labute approximate surface area is 123 Å². The standard InChI is InChI=1S/C16H18FNOS/c1-16(11-19,12-7-9-13(20-2)10-8-12)18-15-6-4-3-5-14(15)17/h3-10,18-19H,11H2,1-2H3. The number of aliphatic hydroxyl groups excluding tert-OH is 1. The fourth-order valence-electron chi connectivity index (χ4n) is 2.02. The fourth-order valence-corrected chi connectivity index (χ4v) is 2.43. The molecule has 0 saturated heterocycles. The fraction of sp³-hybridized carbons (Fsp3) is 0.250. The number of nitrogens with one attached hydrogen (secondary N) is 1. The van der Waals surface area contributed by atoms with Gasteiger partial charge in [0.05, 0.1) is 17.8 Å². The van der Waals surface area contributed by atoms with E-state index >= 15 is 0 Å². The van der Waals surface area contributed by atoms with Crippen LogP contribution in [0, 0.1) is 5.82 Å². The monoisotopic (exact) mass is 291 g/mol. The van der Waals surface area contributed by atoms with Crippen LogP contribution in [0.3, 0.4) is 0 Å². The molecule has 2 aromatic carbocycles. The van der Waals surface area contributed by atoms with Crippen LogP contribution >= 0.6 is 11.8 Å². The van der Waals surface area contributed by atoms with Crippen molar-refractivity contribution < 1.29 is 9.50 Å². The zero-order valence-corrected chi connectivity index (χ0v) is 12.4. The summed E-state index contributed by atoms with van der Waals surface area (Å²) < 4.78 is 13.7. The molecule has 1 unspecified atom stereocenters. The number of aliphatic hydroxyl groups is 1. The van der Waals surface area contributed by atoms with E-state index in [2.05, 4.69) is 5.32 Å². The van der Waals surface area contributed by atoms with E-state index in [-0.39, 0.29) is 12.4 Å². The first-order valence-electron chi connectivity index (χ1n) is 6.37. The Hall–Kier alpha value is -1.52. The van der Waals surface area contributed by atoms with Crippen LogP contribution in [-0.2, 0) is 5.54 Å². The first kappa shape index (κ1) is 14.9. The zero-order valence-electron chi connectivity index (χ0n) is 11.6. The Morgan fingerprint density at radius 1 is 1.15 bits per heavy atom. The molecule has 0 aromatic heterocycles. The maximum absolute atomic E-state index is 13.7. The zero-order chi connectivity index (χ0) is 14.6. The normalized spacial score (nSPS) is 13.8. The molecule has 2 aromatic rings. The summed E-state index contributed by atoms with van der Waals surface area (Å²) in [6.45, 7) is 1.73. The van der Waals surface area contributed by atoms with Crippen LogP contribution in [-0.4, -0.2) is 18.0 Å². The van der Waals surface area contributed by atoms with Gasteiger partial charge in [0.15, 0.2) is 0 Å². The lowest BCUT2D eigenvalue weighted by Gasteiger charge is -2.31. The Bertz CT molecular complexity index is 573. The van der Waals surface area contributed by atoms with E-state index < -0.39 is 5.54 Å². The minimum absolute atomic E-state index is 0.125. The molecule has 0 spiro atoms. The van der Waals surface area contributed by atoms with Gasteiger partial charge < -0.3 is 10.4 Å². The van der Waals surface area contributed by atoms with Crippen molar-refractivity contribution in [3.05, 3.63) is 59.9 Å². The predicted octanol–water partition coefficient (Wildman–Crippen LogP) is 3.87. The lowest BCUT2D eigenvalue weighted by Crippen LogP contribution is -2.36. The van der Waals surface area contributed by atoms with Crippen molar-refractivity contribution in [2.24, 2.45) is 0 Å². The molecule has 106 valence electrons. The summed E-state index contributed by atoms with van der Waals surface area (Å²) in [5.74, 6) is -0.326. The second kappa shape index (κ2) is 6.29. The Kier molecular flexibility index (Phi) is 4.68. The summed E-state index contributed by atoms with van der Waals surface area (Å²) in [6, 6.07) is 14.4. The first-order chi connectivity index (χ1) is 9.59. The van der Waals surface area contributed by atoms with Crippen molar-refractivity contribution in [3.63, 3.8) is 0 Å². The van der Waals surface area contributed by atoms with Crippen molar-refractivity contribution in [3.8, 4) is 0 Å². The number of halogens is 1. The van der Waals surface area contributed by atoms with Crippen LogP contribution in [0.2, 0.25) is 0 Å². The van der Waals surface area contributed by atoms with Crippen LogP contribution in [0.15, 0.2) is 53.4 Å². The van der Waals surface area contributed by atoms with Crippen molar-refractivity contribution in [2.75, 3.05) is 18.2 Å². The SMILES string of the molecule is CSc1ccc(C(C)(CO)Nc2ccccc2F)cc1. The average Bonchev–Trinajstić information content (AvgIpc) is 2.49. The number of thioether (sulfide) groups is 1. The third-order valence-electron chi connectivity index (χ3n) is 3.33. The van der Waals surface area contributed by atoms with E-state index in [0.29, 0.717) is 5.69 Å². The molecule has 0 radical (unpaired) electrons. The lowest BCUT2D eigenvalue weighted by atomic mass is 9.92. The molecule has 0 aliphatic carbocycles. The molecule has 2 rings (SSSR count). The summed E-state index contributed by atoms with van der Waals surface area (Å²) in [4.78, 5) is 1.15. The molecular weight excluding hydrogens is 273 g/mol. The van der Waals surface area contributed by atoms with Crippen LogP contribution in [0.5, 0.6) is 0 Å². The van der Waals surface area contributed by atoms with E-state index in [4.69, 9.17) is 0 Å². The molecule has 1 atom stereocenters. The van der Waals surface area contributed by atoms with Gasteiger partial charge in [0.2, 0.25) is 0 Å². The molecule has 0 amide bonds. The summed E-state index contributed by atoms with van der Waals surface area (Å²) in [5, 5.41) is 12.8. The van der Waals surface area contributed by atoms with Crippen molar-refractivity contribution in [2.45, 2.75) is 17.4 Å². The molecule has 0 aliphatic heterocycles. The highest BCUT2D eigenvalue weighted by molar-refractivity contribution is 7.98. The molecule has 2 nitrogen and oxygen atoms in total. The topological polar surface area (TPSA) is 32.3 Å². The number of hydrogen-bond acceptors (Lipinski definition) is 3. The Morgan fingerprint density at radius 2 is 1.80 bits per heavy atom. The predicted molar refractivity (Wildman–Crippen MR) is 82.7 cm³/mol. The smallest absolute Gasteiger partial charge is 0.146 e. The van der Waals surface area contributed by atoms with Gasteiger partial charge in [-0.3, -0.25) is 0 Å². The maximum atomic E-state index is 13.7. The molecule has 20 heavy (non-hydrogen) atoms. The first-order valence-corrected chi connectivity index (χ1v) is 7.59. The minimum Gasteiger partial charge on any atom is -0.394 e. The second-order valence-electron chi connectivity index (χ2n) is 4.82. The molecule has 0 saturated carbocycles. The van der Waals surface area contributed by atoms with Crippen molar-refractivity contribution >= 4 is 17.4 Å². The van der Waals surface area contributed by atoms with Crippen molar-refractivity contribution in [1.29, 1.82) is 0 Å². The van der Waals surface area contributed by atoms with Crippen LogP contribution in [0.4, 0.5) is 10.1 Å². The summed E-state index contributed by atoms with van der Waals surface area (Å²) in [6.07, 6.45) is 2.01. The van der Waals surface area contributed by atoms with E-state index in [1.54, 1.807) is 30.0 Å².